The third-order valence-electron chi connectivity index (χ3n) is 3.53. The highest BCUT2D eigenvalue weighted by Gasteiger charge is 2.23. The van der Waals surface area contributed by atoms with Crippen LogP contribution in [0.1, 0.15) is 10.4 Å². The highest BCUT2D eigenvalue weighted by molar-refractivity contribution is 8.02. The highest BCUT2D eigenvalue weighted by atomic mass is 32.2. The largest absolute Gasteiger partial charge is 0.289 e. The first kappa shape index (κ1) is 14.0. The second kappa shape index (κ2) is 5.08. The van der Waals surface area contributed by atoms with Crippen molar-refractivity contribution in [2.75, 3.05) is 18.3 Å². The van der Waals surface area contributed by atoms with Gasteiger partial charge in [0.1, 0.15) is 12.5 Å². The van der Waals surface area contributed by atoms with Crippen LogP contribution in [0, 0.1) is 0 Å². The molecule has 0 amide bonds. The van der Waals surface area contributed by atoms with Crippen LogP contribution >= 0.6 is 0 Å². The van der Waals surface area contributed by atoms with Crippen molar-refractivity contribution in [3.05, 3.63) is 60.2 Å². The molecule has 0 unspecified atom stereocenters. The van der Waals surface area contributed by atoms with Gasteiger partial charge >= 0.3 is 0 Å². The van der Waals surface area contributed by atoms with E-state index in [0.29, 0.717) is 5.56 Å². The molecule has 0 aliphatic heterocycles. The summed E-state index contributed by atoms with van der Waals surface area (Å²) < 4.78 is 12.0. The normalized spacial score (nSPS) is 11.9. The molecule has 0 heterocycles. The molecule has 0 atom stereocenters. The summed E-state index contributed by atoms with van der Waals surface area (Å²) in [7, 11) is -2.11. The SMILES string of the molecule is C[S+](C)(=O)CC(=O)c1c2ccccc2cc2ccccc12. The molecule has 0 aromatic heterocycles. The van der Waals surface area contributed by atoms with Crippen molar-refractivity contribution in [3.63, 3.8) is 0 Å². The number of fused-ring (bicyclic) bond motifs is 2. The average molecular weight is 297 g/mol. The predicted octanol–water partition coefficient (Wildman–Crippen LogP) is 3.93. The Kier molecular flexibility index (Phi) is 3.38. The molecule has 0 bridgehead atoms. The Morgan fingerprint density at radius 1 is 0.905 bits per heavy atom. The molecule has 2 nitrogen and oxygen atoms in total. The van der Waals surface area contributed by atoms with Crippen LogP contribution < -0.4 is 0 Å². The van der Waals surface area contributed by atoms with Gasteiger partial charge in [-0.15, -0.1) is 4.21 Å². The maximum Gasteiger partial charge on any atom is 0.212 e. The number of hydrogen-bond donors (Lipinski definition) is 0. The van der Waals surface area contributed by atoms with Gasteiger partial charge in [0.15, 0.2) is 5.75 Å². The molecule has 0 aliphatic carbocycles. The molecule has 3 heteroatoms. The number of carbonyl (C=O) groups is 1. The molecular weight excluding hydrogens is 280 g/mol. The third kappa shape index (κ3) is 2.74. The minimum atomic E-state index is -2.11. The van der Waals surface area contributed by atoms with Gasteiger partial charge in [-0.3, -0.25) is 4.79 Å². The molecule has 0 aliphatic rings. The molecule has 0 saturated heterocycles. The second-order valence-electron chi connectivity index (χ2n) is 5.70. The Labute approximate surface area is 125 Å². The lowest BCUT2D eigenvalue weighted by Gasteiger charge is -2.10. The number of Topliss-reactive ketones (excluding diaryl/α,β-unsaturated/α-hetero) is 1. The lowest BCUT2D eigenvalue weighted by molar-refractivity contribution is 0.102. The fourth-order valence-electron chi connectivity index (χ4n) is 2.70. The van der Waals surface area contributed by atoms with Gasteiger partial charge in [-0.2, -0.15) is 0 Å². The molecule has 0 N–H and O–H groups in total. The minimum Gasteiger partial charge on any atom is -0.289 e. The zero-order chi connectivity index (χ0) is 15.0. The average Bonchev–Trinajstić information content (AvgIpc) is 2.42. The molecule has 0 saturated carbocycles. The molecular formula is C18H17O2S+. The van der Waals surface area contributed by atoms with E-state index in [9.17, 15) is 9.00 Å². The van der Waals surface area contributed by atoms with Gasteiger partial charge in [-0.1, -0.05) is 48.5 Å². The summed E-state index contributed by atoms with van der Waals surface area (Å²) >= 11 is 0. The lowest BCUT2D eigenvalue weighted by Crippen LogP contribution is -2.20. The van der Waals surface area contributed by atoms with Crippen LogP contribution in [-0.2, 0) is 14.1 Å². The van der Waals surface area contributed by atoms with Crippen LogP contribution in [0.2, 0.25) is 0 Å². The van der Waals surface area contributed by atoms with Crippen molar-refractivity contribution in [1.29, 1.82) is 0 Å². The van der Waals surface area contributed by atoms with Gasteiger partial charge in [0.05, 0.1) is 9.93 Å². The summed E-state index contributed by atoms with van der Waals surface area (Å²) in [5.41, 5.74) is 0.695. The highest BCUT2D eigenvalue weighted by Crippen LogP contribution is 2.29. The van der Waals surface area contributed by atoms with Gasteiger partial charge in [0, 0.05) is 5.56 Å². The summed E-state index contributed by atoms with van der Waals surface area (Å²) in [4.78, 5) is 12.7. The molecule has 3 aromatic carbocycles. The van der Waals surface area contributed by atoms with E-state index >= 15 is 0 Å². The fraction of sp³-hybridized carbons (Fsp3) is 0.167. The van der Waals surface area contributed by atoms with Crippen LogP contribution in [0.3, 0.4) is 0 Å². The number of hydrogen-bond acceptors (Lipinski definition) is 2. The summed E-state index contributed by atoms with van der Waals surface area (Å²) in [6.07, 6.45) is 3.27. The third-order valence-corrected chi connectivity index (χ3v) is 4.49. The van der Waals surface area contributed by atoms with E-state index in [1.807, 2.05) is 48.5 Å². The van der Waals surface area contributed by atoms with E-state index < -0.39 is 9.93 Å². The molecule has 21 heavy (non-hydrogen) atoms. The van der Waals surface area contributed by atoms with Crippen LogP contribution in [-0.4, -0.2) is 24.0 Å². The summed E-state index contributed by atoms with van der Waals surface area (Å²) in [6.45, 7) is 0. The molecule has 0 radical (unpaired) electrons. The topological polar surface area (TPSA) is 34.1 Å². The standard InChI is InChI=1S/C18H17O2S/c1-21(2,20)12-17(19)18-15-9-5-3-7-13(15)11-14-8-4-6-10-16(14)18/h3-11H,12H2,1-2H3/q+1. The first-order valence-electron chi connectivity index (χ1n) is 6.81. The number of benzene rings is 3. The molecule has 0 spiro atoms. The van der Waals surface area contributed by atoms with E-state index in [2.05, 4.69) is 6.07 Å². The molecule has 3 rings (SSSR count). The Morgan fingerprint density at radius 2 is 1.38 bits per heavy atom. The summed E-state index contributed by atoms with van der Waals surface area (Å²) in [5.74, 6) is 0.0448. The van der Waals surface area contributed by atoms with Gasteiger partial charge in [-0.05, 0) is 27.6 Å². The number of ketones is 1. The van der Waals surface area contributed by atoms with E-state index in [1.165, 1.54) is 0 Å². The zero-order valence-corrected chi connectivity index (χ0v) is 12.9. The first-order chi connectivity index (χ1) is 9.96. The Balaban J connectivity index is 2.35. The molecule has 3 aromatic rings. The number of rotatable bonds is 3. The van der Waals surface area contributed by atoms with Crippen LogP contribution in [0.4, 0.5) is 0 Å². The van der Waals surface area contributed by atoms with Crippen molar-refractivity contribution >= 4 is 37.3 Å². The monoisotopic (exact) mass is 297 g/mol. The maximum absolute atomic E-state index is 12.7. The zero-order valence-electron chi connectivity index (χ0n) is 12.1. The Morgan fingerprint density at radius 3 is 1.86 bits per heavy atom. The van der Waals surface area contributed by atoms with Crippen LogP contribution in [0.5, 0.6) is 0 Å². The molecule has 0 fully saturated rings. The first-order valence-corrected chi connectivity index (χ1v) is 9.36. The predicted molar refractivity (Wildman–Crippen MR) is 90.6 cm³/mol. The van der Waals surface area contributed by atoms with Crippen molar-refractivity contribution in [2.45, 2.75) is 0 Å². The number of carbonyl (C=O) groups excluding carboxylic acids is 1. The quantitative estimate of drug-likeness (QED) is 0.417. The lowest BCUT2D eigenvalue weighted by atomic mass is 9.95. The van der Waals surface area contributed by atoms with E-state index in [-0.39, 0.29) is 11.5 Å². The Hall–Kier alpha value is -2.00. The van der Waals surface area contributed by atoms with Crippen molar-refractivity contribution in [2.24, 2.45) is 0 Å². The maximum atomic E-state index is 12.7. The second-order valence-corrected chi connectivity index (χ2v) is 8.86. The Bertz CT molecular complexity index is 836. The molecule has 106 valence electrons. The fourth-order valence-corrected chi connectivity index (χ4v) is 3.48. The minimum absolute atomic E-state index is 0.0435. The van der Waals surface area contributed by atoms with Crippen LogP contribution in [0.15, 0.2) is 54.6 Å². The summed E-state index contributed by atoms with van der Waals surface area (Å²) in [6, 6.07) is 17.8. The van der Waals surface area contributed by atoms with Crippen LogP contribution in [0.25, 0.3) is 21.5 Å². The van der Waals surface area contributed by atoms with E-state index in [0.717, 1.165) is 21.5 Å². The van der Waals surface area contributed by atoms with Crippen molar-refractivity contribution in [1.82, 2.24) is 0 Å². The summed E-state index contributed by atoms with van der Waals surface area (Å²) in [5, 5.41) is 3.95. The van der Waals surface area contributed by atoms with Gasteiger partial charge in [0.2, 0.25) is 5.78 Å². The van der Waals surface area contributed by atoms with Gasteiger partial charge < -0.3 is 0 Å². The smallest absolute Gasteiger partial charge is 0.212 e. The van der Waals surface area contributed by atoms with Gasteiger partial charge in [-0.25, -0.2) is 0 Å². The van der Waals surface area contributed by atoms with Gasteiger partial charge in [0.25, 0.3) is 0 Å². The van der Waals surface area contributed by atoms with Crippen molar-refractivity contribution in [3.8, 4) is 0 Å². The van der Waals surface area contributed by atoms with E-state index in [4.69, 9.17) is 0 Å². The van der Waals surface area contributed by atoms with Crippen molar-refractivity contribution < 1.29 is 9.00 Å². The van der Waals surface area contributed by atoms with E-state index in [1.54, 1.807) is 12.5 Å².